The van der Waals surface area contributed by atoms with Crippen molar-refractivity contribution in [2.24, 2.45) is 5.16 Å². The standard InChI is InChI=1S/C24H31N5O10S2/c1-4-6-36-7-5-8-37-16(31)10-39-23(34)19-14(9-38-13(2)30)11-40-22-18(21(33)29(19)22)27-20(32)17(28-35-3)15-12-41-24(25)26-15/h12,18,22H,4-11H2,1-3H3,(H2,25,26)(H,27,32)/t18-,22-/m1/s1. The van der Waals surface area contributed by atoms with Crippen LogP contribution in [0.1, 0.15) is 32.4 Å². The number of esters is 3. The minimum absolute atomic E-state index is 0.0903. The van der Waals surface area contributed by atoms with E-state index in [4.69, 9.17) is 29.5 Å². The minimum atomic E-state index is -1.02. The van der Waals surface area contributed by atoms with Gasteiger partial charge in [0, 0.05) is 43.3 Å². The van der Waals surface area contributed by atoms with E-state index < -0.39 is 47.7 Å². The van der Waals surface area contributed by atoms with Crippen molar-refractivity contribution in [3.05, 3.63) is 22.3 Å². The van der Waals surface area contributed by atoms with Gasteiger partial charge in [-0.05, 0) is 6.42 Å². The lowest BCUT2D eigenvalue weighted by molar-refractivity contribution is -0.160. The average molecular weight is 614 g/mol. The largest absolute Gasteiger partial charge is 0.463 e. The summed E-state index contributed by atoms with van der Waals surface area (Å²) < 4.78 is 20.5. The Bertz CT molecular complexity index is 1220. The summed E-state index contributed by atoms with van der Waals surface area (Å²) >= 11 is 2.34. The van der Waals surface area contributed by atoms with Crippen LogP contribution in [-0.2, 0) is 47.8 Å². The van der Waals surface area contributed by atoms with Crippen LogP contribution in [0.2, 0.25) is 0 Å². The first kappa shape index (κ1) is 31.8. The topological polar surface area (TPSA) is 198 Å². The molecule has 0 bridgehead atoms. The Morgan fingerprint density at radius 3 is 2.63 bits per heavy atom. The third-order valence-electron chi connectivity index (χ3n) is 5.50. The number of oxime groups is 1. The van der Waals surface area contributed by atoms with E-state index in [0.29, 0.717) is 25.2 Å². The number of nitrogens with two attached hydrogens (primary N) is 1. The summed E-state index contributed by atoms with van der Waals surface area (Å²) in [5, 5.41) is 7.34. The number of carbonyl (C=O) groups is 5. The van der Waals surface area contributed by atoms with E-state index in [1.54, 1.807) is 0 Å². The Morgan fingerprint density at radius 2 is 1.98 bits per heavy atom. The van der Waals surface area contributed by atoms with Crippen LogP contribution in [0.15, 0.2) is 21.8 Å². The van der Waals surface area contributed by atoms with Gasteiger partial charge in [-0.15, -0.1) is 23.1 Å². The molecule has 15 nitrogen and oxygen atoms in total. The third kappa shape index (κ3) is 8.40. The highest BCUT2D eigenvalue weighted by atomic mass is 32.2. The van der Waals surface area contributed by atoms with Gasteiger partial charge in [-0.3, -0.25) is 19.3 Å². The number of aromatic nitrogens is 1. The first-order valence-electron chi connectivity index (χ1n) is 12.5. The number of anilines is 1. The molecule has 0 aromatic carbocycles. The predicted molar refractivity (Wildman–Crippen MR) is 146 cm³/mol. The molecule has 1 saturated heterocycles. The maximum atomic E-state index is 13.2. The van der Waals surface area contributed by atoms with E-state index in [1.165, 1.54) is 31.2 Å². The lowest BCUT2D eigenvalue weighted by Gasteiger charge is -2.49. The highest BCUT2D eigenvalue weighted by molar-refractivity contribution is 8.00. The number of hydrogen-bond acceptors (Lipinski definition) is 15. The maximum Gasteiger partial charge on any atom is 0.355 e. The molecular formula is C24H31N5O10S2. The zero-order valence-corrected chi connectivity index (χ0v) is 24.3. The molecule has 2 aliphatic rings. The second kappa shape index (κ2) is 15.3. The van der Waals surface area contributed by atoms with Gasteiger partial charge in [-0.2, -0.15) is 0 Å². The summed E-state index contributed by atoms with van der Waals surface area (Å²) in [6.07, 6.45) is 1.36. The van der Waals surface area contributed by atoms with Crippen LogP contribution in [0.25, 0.3) is 0 Å². The number of amides is 2. The quantitative estimate of drug-likeness (QED) is 0.0680. The monoisotopic (exact) mass is 613 g/mol. The molecule has 1 fully saturated rings. The molecule has 41 heavy (non-hydrogen) atoms. The van der Waals surface area contributed by atoms with E-state index in [9.17, 15) is 24.0 Å². The molecular weight excluding hydrogens is 582 g/mol. The van der Waals surface area contributed by atoms with Crippen LogP contribution in [0.4, 0.5) is 5.13 Å². The van der Waals surface area contributed by atoms with E-state index in [1.807, 2.05) is 6.92 Å². The minimum Gasteiger partial charge on any atom is -0.463 e. The van der Waals surface area contributed by atoms with Gasteiger partial charge >= 0.3 is 17.9 Å². The number of carbonyl (C=O) groups excluding carboxylic acids is 5. The Hall–Kier alpha value is -3.70. The van der Waals surface area contributed by atoms with Crippen molar-refractivity contribution in [3.63, 3.8) is 0 Å². The maximum absolute atomic E-state index is 13.2. The van der Waals surface area contributed by atoms with E-state index in [-0.39, 0.29) is 41.2 Å². The Labute approximate surface area is 243 Å². The molecule has 1 aromatic heterocycles. The third-order valence-corrected chi connectivity index (χ3v) is 7.52. The lowest BCUT2D eigenvalue weighted by Crippen LogP contribution is -2.71. The summed E-state index contributed by atoms with van der Waals surface area (Å²) in [6.45, 7) is 3.36. The van der Waals surface area contributed by atoms with Gasteiger partial charge in [-0.25, -0.2) is 14.6 Å². The number of nitrogens with one attached hydrogen (secondary N) is 1. The number of β-lactam (4-membered cyclic amide) rings is 1. The first-order valence-corrected chi connectivity index (χ1v) is 14.4. The van der Waals surface area contributed by atoms with Gasteiger partial charge in [0.1, 0.15) is 36.5 Å². The highest BCUT2D eigenvalue weighted by Crippen LogP contribution is 2.40. The number of thiazole rings is 1. The number of ether oxygens (including phenoxy) is 4. The fraction of sp³-hybridized carbons (Fsp3) is 0.542. The van der Waals surface area contributed by atoms with Crippen molar-refractivity contribution >= 4 is 63.7 Å². The van der Waals surface area contributed by atoms with Crippen LogP contribution in [0.5, 0.6) is 0 Å². The molecule has 224 valence electrons. The van der Waals surface area contributed by atoms with Crippen molar-refractivity contribution in [1.29, 1.82) is 0 Å². The molecule has 3 N–H and O–H groups in total. The second-order valence-electron chi connectivity index (χ2n) is 8.55. The van der Waals surface area contributed by atoms with Crippen molar-refractivity contribution in [2.75, 3.05) is 51.6 Å². The number of nitrogen functional groups attached to an aromatic ring is 1. The zero-order valence-electron chi connectivity index (χ0n) is 22.7. The molecule has 0 saturated carbocycles. The molecule has 3 heterocycles. The number of fused-ring (bicyclic) bond motifs is 1. The van der Waals surface area contributed by atoms with E-state index in [0.717, 1.165) is 22.7 Å². The molecule has 3 rings (SSSR count). The molecule has 0 radical (unpaired) electrons. The van der Waals surface area contributed by atoms with Crippen molar-refractivity contribution in [1.82, 2.24) is 15.2 Å². The zero-order chi connectivity index (χ0) is 29.9. The van der Waals surface area contributed by atoms with Gasteiger partial charge in [0.05, 0.1) is 6.61 Å². The molecule has 2 aliphatic heterocycles. The van der Waals surface area contributed by atoms with Crippen LogP contribution in [0, 0.1) is 0 Å². The lowest BCUT2D eigenvalue weighted by atomic mass is 10.0. The fourth-order valence-electron chi connectivity index (χ4n) is 3.70. The SMILES string of the molecule is CCCOCCCOC(=O)COC(=O)C1=C(COC(C)=O)CS[C@@H]2[C@H](NC(=O)C(=NOC)c3csc(N)n3)C(=O)N12. The average Bonchev–Trinajstić information content (AvgIpc) is 3.38. The van der Waals surface area contributed by atoms with E-state index >= 15 is 0 Å². The first-order chi connectivity index (χ1) is 19.7. The van der Waals surface area contributed by atoms with E-state index in [2.05, 4.69) is 15.5 Å². The smallest absolute Gasteiger partial charge is 0.355 e. The number of thioether (sulfide) groups is 1. The van der Waals surface area contributed by atoms with Gasteiger partial charge in [0.15, 0.2) is 17.5 Å². The van der Waals surface area contributed by atoms with Crippen LogP contribution in [-0.4, -0.2) is 103 Å². The molecule has 0 aliphatic carbocycles. The Morgan fingerprint density at radius 1 is 1.20 bits per heavy atom. The second-order valence-corrected chi connectivity index (χ2v) is 10.5. The molecule has 0 spiro atoms. The van der Waals surface area contributed by atoms with Gasteiger partial charge in [0.25, 0.3) is 11.8 Å². The number of nitrogens with zero attached hydrogens (tertiary/aromatic N) is 3. The van der Waals surface area contributed by atoms with Gasteiger partial charge in [0.2, 0.25) is 0 Å². The normalized spacial score (nSPS) is 18.3. The molecule has 2 atom stereocenters. The van der Waals surface area contributed by atoms with Crippen LogP contribution < -0.4 is 11.1 Å². The Balaban J connectivity index is 1.66. The molecule has 17 heteroatoms. The number of rotatable bonds is 15. The van der Waals surface area contributed by atoms with Crippen molar-refractivity contribution < 1.29 is 47.8 Å². The molecule has 1 aromatic rings. The summed E-state index contributed by atoms with van der Waals surface area (Å²) in [4.78, 5) is 72.6. The number of hydrogen-bond donors (Lipinski definition) is 2. The van der Waals surface area contributed by atoms with Crippen molar-refractivity contribution in [2.45, 2.75) is 38.1 Å². The molecule has 0 unspecified atom stereocenters. The summed E-state index contributed by atoms with van der Waals surface area (Å²) in [7, 11) is 1.25. The highest BCUT2D eigenvalue weighted by Gasteiger charge is 2.55. The summed E-state index contributed by atoms with van der Waals surface area (Å²) in [5.41, 5.74) is 5.78. The van der Waals surface area contributed by atoms with Crippen molar-refractivity contribution in [3.8, 4) is 0 Å². The fourth-order valence-corrected chi connectivity index (χ4v) is 5.58. The van der Waals surface area contributed by atoms with Gasteiger partial charge < -0.3 is 34.8 Å². The van der Waals surface area contributed by atoms with Crippen LogP contribution >= 0.6 is 23.1 Å². The molecule has 2 amide bonds. The summed E-state index contributed by atoms with van der Waals surface area (Å²) in [6, 6.07) is -1.02. The van der Waals surface area contributed by atoms with Crippen LogP contribution in [0.3, 0.4) is 0 Å². The summed E-state index contributed by atoms with van der Waals surface area (Å²) in [5.74, 6) is -3.51. The predicted octanol–water partition coefficient (Wildman–Crippen LogP) is 0.196. The van der Waals surface area contributed by atoms with Gasteiger partial charge in [-0.1, -0.05) is 12.1 Å². The Kier molecular flexibility index (Phi) is 11.9.